The topological polar surface area (TPSA) is 65.4 Å². The highest BCUT2D eigenvalue weighted by atomic mass is 16.5. The van der Waals surface area contributed by atoms with Gasteiger partial charge >= 0.3 is 5.97 Å². The Balaban J connectivity index is 1.69. The third-order valence-electron chi connectivity index (χ3n) is 5.36. The van der Waals surface area contributed by atoms with Crippen LogP contribution in [0.2, 0.25) is 0 Å². The second-order valence-electron chi connectivity index (χ2n) is 7.01. The Morgan fingerprint density at radius 2 is 2.16 bits per heavy atom. The predicted octanol–water partition coefficient (Wildman–Crippen LogP) is 2.15. The molecule has 1 aromatic heterocycles. The molecule has 2 fully saturated rings. The fraction of sp³-hybridized carbons (Fsp3) is 0.579. The lowest BCUT2D eigenvalue weighted by Gasteiger charge is -2.28. The molecule has 0 aliphatic carbocycles. The van der Waals surface area contributed by atoms with Gasteiger partial charge in [-0.3, -0.25) is 0 Å². The van der Waals surface area contributed by atoms with Gasteiger partial charge in [0.1, 0.15) is 5.82 Å². The van der Waals surface area contributed by atoms with Gasteiger partial charge < -0.3 is 19.4 Å². The molecule has 0 saturated carbocycles. The number of ether oxygens (including phenoxy) is 2. The number of hydrogen-bond acceptors (Lipinski definition) is 5. The quantitative estimate of drug-likeness (QED) is 0.843. The molecular formula is C19H25N3O3. The minimum Gasteiger partial charge on any atom is -0.465 e. The molecule has 0 unspecified atom stereocenters. The minimum absolute atomic E-state index is 0.256. The molecule has 2 aliphatic rings. The summed E-state index contributed by atoms with van der Waals surface area (Å²) in [5, 5.41) is 3.42. The Hall–Kier alpha value is -1.92. The first-order valence-electron chi connectivity index (χ1n) is 9.14. The minimum atomic E-state index is -0.311. The van der Waals surface area contributed by atoms with Crippen LogP contribution in [0, 0.1) is 5.92 Å². The van der Waals surface area contributed by atoms with Crippen molar-refractivity contribution in [1.82, 2.24) is 14.9 Å². The molecule has 25 heavy (non-hydrogen) atoms. The lowest BCUT2D eigenvalue weighted by atomic mass is 9.94. The molecular weight excluding hydrogens is 318 g/mol. The van der Waals surface area contributed by atoms with E-state index >= 15 is 0 Å². The van der Waals surface area contributed by atoms with Crippen molar-refractivity contribution in [2.24, 2.45) is 5.92 Å². The number of carbonyl (C=O) groups is 1. The van der Waals surface area contributed by atoms with E-state index < -0.39 is 0 Å². The highest BCUT2D eigenvalue weighted by Crippen LogP contribution is 2.25. The predicted molar refractivity (Wildman–Crippen MR) is 94.7 cm³/mol. The number of rotatable bonds is 5. The van der Waals surface area contributed by atoms with Crippen molar-refractivity contribution >= 4 is 17.0 Å². The van der Waals surface area contributed by atoms with Gasteiger partial charge in [0.25, 0.3) is 0 Å². The zero-order valence-corrected chi connectivity index (χ0v) is 14.7. The van der Waals surface area contributed by atoms with Crippen molar-refractivity contribution in [2.45, 2.75) is 38.3 Å². The maximum atomic E-state index is 11.9. The molecule has 4 rings (SSSR count). The number of fused-ring (bicyclic) bond motifs is 1. The SMILES string of the molecule is COC(=O)c1ccc2nc(CC3CCNCC3)n(C[C@@H]3CCO3)c2c1. The molecule has 1 aromatic carbocycles. The van der Waals surface area contributed by atoms with Gasteiger partial charge in [-0.25, -0.2) is 9.78 Å². The zero-order valence-electron chi connectivity index (χ0n) is 14.7. The van der Waals surface area contributed by atoms with E-state index in [4.69, 9.17) is 14.5 Å². The van der Waals surface area contributed by atoms with Crippen LogP contribution in [0.25, 0.3) is 11.0 Å². The summed E-state index contributed by atoms with van der Waals surface area (Å²) < 4.78 is 12.8. The summed E-state index contributed by atoms with van der Waals surface area (Å²) in [5.41, 5.74) is 2.51. The Kier molecular flexibility index (Phi) is 4.72. The van der Waals surface area contributed by atoms with Crippen molar-refractivity contribution in [2.75, 3.05) is 26.8 Å². The highest BCUT2D eigenvalue weighted by Gasteiger charge is 2.24. The van der Waals surface area contributed by atoms with Gasteiger partial charge in [0.2, 0.25) is 0 Å². The van der Waals surface area contributed by atoms with Gasteiger partial charge in [-0.2, -0.15) is 0 Å². The Morgan fingerprint density at radius 3 is 2.84 bits per heavy atom. The molecule has 134 valence electrons. The molecule has 1 N–H and O–H groups in total. The average Bonchev–Trinajstić information content (AvgIpc) is 2.94. The number of hydrogen-bond donors (Lipinski definition) is 1. The van der Waals surface area contributed by atoms with Crippen molar-refractivity contribution in [1.29, 1.82) is 0 Å². The third kappa shape index (κ3) is 3.41. The zero-order chi connectivity index (χ0) is 17.2. The molecule has 6 nitrogen and oxygen atoms in total. The Labute approximate surface area is 147 Å². The molecule has 2 aliphatic heterocycles. The number of aromatic nitrogens is 2. The number of piperidine rings is 1. The number of esters is 1. The fourth-order valence-electron chi connectivity index (χ4n) is 3.75. The number of imidazole rings is 1. The first-order valence-corrected chi connectivity index (χ1v) is 9.14. The van der Waals surface area contributed by atoms with Gasteiger partial charge in [0.15, 0.2) is 0 Å². The molecule has 0 bridgehead atoms. The largest absolute Gasteiger partial charge is 0.465 e. The molecule has 6 heteroatoms. The lowest BCUT2D eigenvalue weighted by molar-refractivity contribution is -0.0590. The van der Waals surface area contributed by atoms with E-state index in [9.17, 15) is 4.79 Å². The van der Waals surface area contributed by atoms with E-state index in [2.05, 4.69) is 9.88 Å². The van der Waals surface area contributed by atoms with Crippen molar-refractivity contribution in [3.05, 3.63) is 29.6 Å². The smallest absolute Gasteiger partial charge is 0.337 e. The van der Waals surface area contributed by atoms with E-state index in [-0.39, 0.29) is 12.1 Å². The van der Waals surface area contributed by atoms with Crippen LogP contribution < -0.4 is 5.32 Å². The molecule has 0 spiro atoms. The Bertz CT molecular complexity index is 761. The van der Waals surface area contributed by atoms with Crippen LogP contribution in [-0.4, -0.2) is 48.4 Å². The van der Waals surface area contributed by atoms with Crippen molar-refractivity contribution < 1.29 is 14.3 Å². The summed E-state index contributed by atoms with van der Waals surface area (Å²) in [7, 11) is 1.41. The van der Waals surface area contributed by atoms with E-state index in [0.29, 0.717) is 11.5 Å². The molecule has 2 aromatic rings. The van der Waals surface area contributed by atoms with Crippen molar-refractivity contribution in [3.63, 3.8) is 0 Å². The van der Waals surface area contributed by atoms with Crippen LogP contribution in [0.4, 0.5) is 0 Å². The standard InChI is InChI=1S/C19H25N3O3/c1-24-19(23)14-2-3-16-17(11-14)22(12-15-6-9-25-15)18(21-16)10-13-4-7-20-8-5-13/h2-3,11,13,15,20H,4-10,12H2,1H3/t15-/m0/s1. The van der Waals surface area contributed by atoms with Crippen LogP contribution in [0.15, 0.2) is 18.2 Å². The number of nitrogens with one attached hydrogen (secondary N) is 1. The first kappa shape index (κ1) is 16.5. The van der Waals surface area contributed by atoms with Gasteiger partial charge in [-0.1, -0.05) is 0 Å². The average molecular weight is 343 g/mol. The van der Waals surface area contributed by atoms with Crippen LogP contribution in [0.1, 0.15) is 35.4 Å². The van der Waals surface area contributed by atoms with Crippen LogP contribution in [0.3, 0.4) is 0 Å². The van der Waals surface area contributed by atoms with Gasteiger partial charge in [-0.15, -0.1) is 0 Å². The van der Waals surface area contributed by atoms with Crippen LogP contribution >= 0.6 is 0 Å². The number of methoxy groups -OCH3 is 1. The molecule has 0 radical (unpaired) electrons. The highest BCUT2D eigenvalue weighted by molar-refractivity contribution is 5.93. The molecule has 3 heterocycles. The summed E-state index contributed by atoms with van der Waals surface area (Å²) in [6, 6.07) is 5.62. The molecule has 2 saturated heterocycles. The maximum absolute atomic E-state index is 11.9. The number of nitrogens with zero attached hydrogens (tertiary/aromatic N) is 2. The number of benzene rings is 1. The van der Waals surface area contributed by atoms with Gasteiger partial charge in [0.05, 0.1) is 36.4 Å². The van der Waals surface area contributed by atoms with E-state index in [1.54, 1.807) is 6.07 Å². The third-order valence-corrected chi connectivity index (χ3v) is 5.36. The second kappa shape index (κ2) is 7.14. The lowest BCUT2D eigenvalue weighted by Crippen LogP contribution is -2.33. The van der Waals surface area contributed by atoms with E-state index in [1.807, 2.05) is 12.1 Å². The van der Waals surface area contributed by atoms with Crippen LogP contribution in [-0.2, 0) is 22.4 Å². The monoisotopic (exact) mass is 343 g/mol. The molecule has 1 atom stereocenters. The fourth-order valence-corrected chi connectivity index (χ4v) is 3.75. The first-order chi connectivity index (χ1) is 12.2. The number of carbonyl (C=O) groups excluding carboxylic acids is 1. The summed E-state index contributed by atoms with van der Waals surface area (Å²) in [6.45, 7) is 3.82. The summed E-state index contributed by atoms with van der Waals surface area (Å²) >= 11 is 0. The van der Waals surface area contributed by atoms with Gasteiger partial charge in [0, 0.05) is 13.0 Å². The molecule has 0 amide bonds. The maximum Gasteiger partial charge on any atom is 0.337 e. The van der Waals surface area contributed by atoms with E-state index in [0.717, 1.165) is 55.9 Å². The van der Waals surface area contributed by atoms with Gasteiger partial charge in [-0.05, 0) is 56.5 Å². The van der Waals surface area contributed by atoms with Crippen LogP contribution in [0.5, 0.6) is 0 Å². The second-order valence-corrected chi connectivity index (χ2v) is 7.01. The summed E-state index contributed by atoms with van der Waals surface area (Å²) in [5.74, 6) is 1.47. The summed E-state index contributed by atoms with van der Waals surface area (Å²) in [4.78, 5) is 16.8. The normalized spacial score (nSPS) is 21.2. The Morgan fingerprint density at radius 1 is 1.36 bits per heavy atom. The summed E-state index contributed by atoms with van der Waals surface area (Å²) in [6.07, 6.45) is 4.71. The van der Waals surface area contributed by atoms with Crippen molar-refractivity contribution in [3.8, 4) is 0 Å². The van der Waals surface area contributed by atoms with E-state index in [1.165, 1.54) is 20.0 Å².